The molecule has 1 atom stereocenters. The van der Waals surface area contributed by atoms with Crippen molar-refractivity contribution in [1.82, 2.24) is 9.97 Å². The molecule has 2 aromatic rings. The first-order chi connectivity index (χ1) is 8.24. The zero-order valence-electron chi connectivity index (χ0n) is 9.88. The molecule has 2 rings (SSSR count). The van der Waals surface area contributed by atoms with Crippen molar-refractivity contribution >= 4 is 11.3 Å². The first-order valence-electron chi connectivity index (χ1n) is 5.46. The molecule has 4 nitrogen and oxygen atoms in total. The van der Waals surface area contributed by atoms with Crippen LogP contribution in [-0.4, -0.2) is 17.1 Å². The maximum atomic E-state index is 5.97. The second kappa shape index (κ2) is 5.25. The van der Waals surface area contributed by atoms with Gasteiger partial charge in [0.15, 0.2) is 0 Å². The van der Waals surface area contributed by atoms with Gasteiger partial charge in [-0.05, 0) is 12.5 Å². The Balaban J connectivity index is 2.24. The largest absolute Gasteiger partial charge is 0.481 e. The van der Waals surface area contributed by atoms with Crippen LogP contribution in [0.3, 0.4) is 0 Å². The molecule has 90 valence electrons. The molecule has 0 aliphatic carbocycles. The van der Waals surface area contributed by atoms with Crippen LogP contribution in [0.15, 0.2) is 24.5 Å². The average molecular weight is 249 g/mol. The van der Waals surface area contributed by atoms with E-state index in [9.17, 15) is 0 Å². The number of nitrogens with two attached hydrogens (primary N) is 1. The molecular formula is C12H15N3OS. The van der Waals surface area contributed by atoms with Crippen LogP contribution < -0.4 is 10.5 Å². The molecule has 5 heteroatoms. The molecule has 0 aromatic carbocycles. The first kappa shape index (κ1) is 12.0. The summed E-state index contributed by atoms with van der Waals surface area (Å²) < 4.78 is 5.02. The highest BCUT2D eigenvalue weighted by Gasteiger charge is 2.10. The summed E-state index contributed by atoms with van der Waals surface area (Å²) in [5, 5.41) is 0.944. The fourth-order valence-corrected chi connectivity index (χ4v) is 2.41. The van der Waals surface area contributed by atoms with Gasteiger partial charge in [-0.2, -0.15) is 0 Å². The van der Waals surface area contributed by atoms with E-state index >= 15 is 0 Å². The molecule has 0 radical (unpaired) electrons. The van der Waals surface area contributed by atoms with Gasteiger partial charge < -0.3 is 10.5 Å². The second-order valence-corrected chi connectivity index (χ2v) is 4.73. The number of ether oxygens (including phenoxy) is 1. The zero-order chi connectivity index (χ0) is 12.3. The minimum Gasteiger partial charge on any atom is -0.481 e. The maximum absolute atomic E-state index is 5.97. The lowest BCUT2D eigenvalue weighted by molar-refractivity contribution is 0.398. The highest BCUT2D eigenvalue weighted by atomic mass is 32.1. The number of methoxy groups -OCH3 is 1. The van der Waals surface area contributed by atoms with E-state index in [1.165, 1.54) is 0 Å². The number of thiazole rings is 1. The van der Waals surface area contributed by atoms with Crippen molar-refractivity contribution in [2.24, 2.45) is 5.73 Å². The number of rotatable bonds is 4. The fourth-order valence-electron chi connectivity index (χ4n) is 1.42. The monoisotopic (exact) mass is 249 g/mol. The van der Waals surface area contributed by atoms with Crippen molar-refractivity contribution in [2.75, 3.05) is 7.11 Å². The van der Waals surface area contributed by atoms with E-state index < -0.39 is 0 Å². The van der Waals surface area contributed by atoms with Gasteiger partial charge >= 0.3 is 0 Å². The van der Waals surface area contributed by atoms with Crippen LogP contribution in [-0.2, 0) is 0 Å². The summed E-state index contributed by atoms with van der Waals surface area (Å²) in [5.41, 5.74) is 6.96. The summed E-state index contributed by atoms with van der Waals surface area (Å²) in [4.78, 5) is 9.64. The van der Waals surface area contributed by atoms with E-state index in [1.54, 1.807) is 24.6 Å². The van der Waals surface area contributed by atoms with Crippen molar-refractivity contribution in [3.05, 3.63) is 29.4 Å². The smallest absolute Gasteiger partial charge is 0.212 e. The highest BCUT2D eigenvalue weighted by molar-refractivity contribution is 7.15. The Morgan fingerprint density at radius 1 is 1.35 bits per heavy atom. The molecular weight excluding hydrogens is 234 g/mol. The Labute approximate surface area is 104 Å². The van der Waals surface area contributed by atoms with Gasteiger partial charge in [-0.1, -0.05) is 6.92 Å². The lowest BCUT2D eigenvalue weighted by Gasteiger charge is -2.02. The molecule has 17 heavy (non-hydrogen) atoms. The Morgan fingerprint density at radius 2 is 2.18 bits per heavy atom. The van der Waals surface area contributed by atoms with Crippen LogP contribution in [0.25, 0.3) is 10.6 Å². The molecule has 0 aliphatic rings. The molecule has 0 saturated heterocycles. The van der Waals surface area contributed by atoms with Crippen LogP contribution in [0, 0.1) is 0 Å². The third-order valence-corrected chi connectivity index (χ3v) is 3.70. The summed E-state index contributed by atoms with van der Waals surface area (Å²) >= 11 is 1.62. The molecule has 0 aliphatic heterocycles. The van der Waals surface area contributed by atoms with Gasteiger partial charge in [0, 0.05) is 34.9 Å². The van der Waals surface area contributed by atoms with Crippen molar-refractivity contribution < 1.29 is 4.74 Å². The summed E-state index contributed by atoms with van der Waals surface area (Å²) in [6.07, 6.45) is 4.53. The van der Waals surface area contributed by atoms with Crippen LogP contribution in [0.2, 0.25) is 0 Å². The van der Waals surface area contributed by atoms with Gasteiger partial charge in [-0.3, -0.25) is 0 Å². The van der Waals surface area contributed by atoms with Crippen LogP contribution in [0.1, 0.15) is 24.3 Å². The van der Waals surface area contributed by atoms with Gasteiger partial charge in [0.25, 0.3) is 0 Å². The van der Waals surface area contributed by atoms with Gasteiger partial charge in [0.05, 0.1) is 7.11 Å². The van der Waals surface area contributed by atoms with Crippen molar-refractivity contribution in [3.8, 4) is 16.5 Å². The molecule has 2 heterocycles. The number of nitrogens with zero attached hydrogens (tertiary/aromatic N) is 2. The second-order valence-electron chi connectivity index (χ2n) is 3.67. The molecule has 0 spiro atoms. The lowest BCUT2D eigenvalue weighted by atomic mass is 10.2. The zero-order valence-corrected chi connectivity index (χ0v) is 10.7. The number of hydrogen-bond donors (Lipinski definition) is 1. The standard InChI is InChI=1S/C12H15N3OS/c1-3-9(13)10-7-15-12(17-10)8-4-5-11(16-2)14-6-8/h4-7,9H,3,13H2,1-2H3. The Morgan fingerprint density at radius 3 is 2.76 bits per heavy atom. The van der Waals surface area contributed by atoms with Crippen molar-refractivity contribution in [2.45, 2.75) is 19.4 Å². The third-order valence-electron chi connectivity index (χ3n) is 2.52. The average Bonchev–Trinajstić information content (AvgIpc) is 2.87. The minimum absolute atomic E-state index is 0.0763. The van der Waals surface area contributed by atoms with Crippen molar-refractivity contribution in [1.29, 1.82) is 0 Å². The van der Waals surface area contributed by atoms with Gasteiger partial charge in [0.2, 0.25) is 5.88 Å². The maximum Gasteiger partial charge on any atom is 0.212 e. The molecule has 0 amide bonds. The van der Waals surface area contributed by atoms with Gasteiger partial charge in [0.1, 0.15) is 5.01 Å². The minimum atomic E-state index is 0.0763. The van der Waals surface area contributed by atoms with Crippen LogP contribution >= 0.6 is 11.3 Å². The van der Waals surface area contributed by atoms with E-state index in [0.29, 0.717) is 5.88 Å². The first-order valence-corrected chi connectivity index (χ1v) is 6.28. The Bertz CT molecular complexity index is 481. The molecule has 0 fully saturated rings. The number of pyridine rings is 1. The predicted octanol–water partition coefficient (Wildman–Crippen LogP) is 2.62. The van der Waals surface area contributed by atoms with E-state index in [4.69, 9.17) is 10.5 Å². The van der Waals surface area contributed by atoms with Crippen LogP contribution in [0.4, 0.5) is 0 Å². The molecule has 0 saturated carbocycles. The van der Waals surface area contributed by atoms with Crippen LogP contribution in [0.5, 0.6) is 5.88 Å². The highest BCUT2D eigenvalue weighted by Crippen LogP contribution is 2.29. The number of aromatic nitrogens is 2. The Hall–Kier alpha value is -1.46. The predicted molar refractivity (Wildman–Crippen MR) is 69.1 cm³/mol. The molecule has 1 unspecified atom stereocenters. The number of hydrogen-bond acceptors (Lipinski definition) is 5. The quantitative estimate of drug-likeness (QED) is 0.904. The van der Waals surface area contributed by atoms with Gasteiger partial charge in [-0.15, -0.1) is 11.3 Å². The van der Waals surface area contributed by atoms with E-state index in [-0.39, 0.29) is 6.04 Å². The van der Waals surface area contributed by atoms with E-state index in [0.717, 1.165) is 21.9 Å². The SMILES string of the molecule is CCC(N)c1cnc(-c2ccc(OC)nc2)s1. The molecule has 2 aromatic heterocycles. The Kier molecular flexibility index (Phi) is 3.71. The molecule has 0 bridgehead atoms. The summed E-state index contributed by atoms with van der Waals surface area (Å²) in [5.74, 6) is 0.607. The van der Waals surface area contributed by atoms with Gasteiger partial charge in [-0.25, -0.2) is 9.97 Å². The summed E-state index contributed by atoms with van der Waals surface area (Å²) in [6.45, 7) is 2.07. The van der Waals surface area contributed by atoms with E-state index in [1.807, 2.05) is 18.3 Å². The summed E-state index contributed by atoms with van der Waals surface area (Å²) in [6, 6.07) is 3.86. The lowest BCUT2D eigenvalue weighted by Crippen LogP contribution is -2.05. The third kappa shape index (κ3) is 2.62. The van der Waals surface area contributed by atoms with Crippen molar-refractivity contribution in [3.63, 3.8) is 0 Å². The van der Waals surface area contributed by atoms with E-state index in [2.05, 4.69) is 16.9 Å². The fraction of sp³-hybridized carbons (Fsp3) is 0.333. The normalized spacial score (nSPS) is 12.4. The molecule has 2 N–H and O–H groups in total. The summed E-state index contributed by atoms with van der Waals surface area (Å²) in [7, 11) is 1.60. The topological polar surface area (TPSA) is 61.0 Å².